The molecule has 106 valence electrons. The zero-order chi connectivity index (χ0) is 13.5. The van der Waals surface area contributed by atoms with Crippen LogP contribution < -0.4 is 5.32 Å². The summed E-state index contributed by atoms with van der Waals surface area (Å²) < 4.78 is 28.0. The molecule has 0 atom stereocenters. The van der Waals surface area contributed by atoms with Gasteiger partial charge in [0, 0.05) is 58.6 Å². The van der Waals surface area contributed by atoms with E-state index in [1.54, 1.807) is 17.8 Å². The van der Waals surface area contributed by atoms with Gasteiger partial charge < -0.3 is 9.88 Å². The molecule has 1 aromatic rings. The van der Waals surface area contributed by atoms with E-state index in [-0.39, 0.29) is 5.03 Å². The van der Waals surface area contributed by atoms with Crippen LogP contribution in [0.5, 0.6) is 0 Å². The number of aromatic nitrogens is 2. The van der Waals surface area contributed by atoms with Gasteiger partial charge in [0.25, 0.3) is 10.0 Å². The fourth-order valence-electron chi connectivity index (χ4n) is 2.50. The van der Waals surface area contributed by atoms with Crippen molar-refractivity contribution >= 4 is 10.0 Å². The van der Waals surface area contributed by atoms with Gasteiger partial charge in [0.1, 0.15) is 0 Å². The normalized spacial score (nSPS) is 23.4. The van der Waals surface area contributed by atoms with Crippen LogP contribution >= 0.6 is 0 Å². The number of imidazole rings is 1. The summed E-state index contributed by atoms with van der Waals surface area (Å²) in [5.74, 6) is 0. The summed E-state index contributed by atoms with van der Waals surface area (Å²) in [4.78, 5) is 6.32. The molecular formula is C11H19N5O2S. The van der Waals surface area contributed by atoms with Crippen LogP contribution in [0.15, 0.2) is 17.6 Å². The third kappa shape index (κ3) is 2.40. The Morgan fingerprint density at radius 1 is 1.26 bits per heavy atom. The van der Waals surface area contributed by atoms with E-state index >= 15 is 0 Å². The summed E-state index contributed by atoms with van der Waals surface area (Å²) in [6, 6.07) is 0.583. The van der Waals surface area contributed by atoms with Gasteiger partial charge in [0.15, 0.2) is 5.03 Å². The second kappa shape index (κ2) is 4.86. The average molecular weight is 285 g/mol. The van der Waals surface area contributed by atoms with Crippen LogP contribution in [0.25, 0.3) is 0 Å². The zero-order valence-electron chi connectivity index (χ0n) is 11.0. The van der Waals surface area contributed by atoms with Crippen molar-refractivity contribution in [2.45, 2.75) is 11.1 Å². The molecule has 0 radical (unpaired) electrons. The smallest absolute Gasteiger partial charge is 0.262 e. The van der Waals surface area contributed by atoms with Crippen molar-refractivity contribution in [3.05, 3.63) is 12.5 Å². The summed E-state index contributed by atoms with van der Waals surface area (Å²) in [6.45, 7) is 4.75. The predicted molar refractivity (Wildman–Crippen MR) is 70.2 cm³/mol. The van der Waals surface area contributed by atoms with Gasteiger partial charge >= 0.3 is 0 Å². The standard InChI is InChI=1S/C11H19N5O2S/c1-14-8-11(13-9-14)19(17,18)16-4-2-15(3-5-16)10-6-12-7-10/h8-10,12H,2-7H2,1H3. The van der Waals surface area contributed by atoms with E-state index in [2.05, 4.69) is 15.2 Å². The van der Waals surface area contributed by atoms with Gasteiger partial charge in [-0.15, -0.1) is 0 Å². The summed E-state index contributed by atoms with van der Waals surface area (Å²) >= 11 is 0. The Balaban J connectivity index is 1.67. The number of hydrogen-bond donors (Lipinski definition) is 1. The minimum Gasteiger partial charge on any atom is -0.339 e. The number of nitrogens with zero attached hydrogens (tertiary/aromatic N) is 4. The van der Waals surface area contributed by atoms with Crippen molar-refractivity contribution in [1.82, 2.24) is 24.1 Å². The summed E-state index contributed by atoms with van der Waals surface area (Å²) in [7, 11) is -1.65. The molecule has 8 heteroatoms. The Morgan fingerprint density at radius 3 is 2.42 bits per heavy atom. The van der Waals surface area contributed by atoms with Crippen LogP contribution in [0.4, 0.5) is 0 Å². The van der Waals surface area contributed by atoms with E-state index in [0.717, 1.165) is 26.2 Å². The van der Waals surface area contributed by atoms with Crippen LogP contribution in [0, 0.1) is 0 Å². The van der Waals surface area contributed by atoms with Crippen molar-refractivity contribution in [3.63, 3.8) is 0 Å². The molecule has 3 rings (SSSR count). The lowest BCUT2D eigenvalue weighted by atomic mass is 10.1. The monoisotopic (exact) mass is 285 g/mol. The second-order valence-electron chi connectivity index (χ2n) is 5.13. The Hall–Kier alpha value is -0.960. The topological polar surface area (TPSA) is 70.5 Å². The Kier molecular flexibility index (Phi) is 3.34. The van der Waals surface area contributed by atoms with Crippen LogP contribution in [0.1, 0.15) is 0 Å². The molecule has 0 spiro atoms. The van der Waals surface area contributed by atoms with Crippen LogP contribution in [0.3, 0.4) is 0 Å². The van der Waals surface area contributed by atoms with Gasteiger partial charge in [-0.25, -0.2) is 13.4 Å². The Morgan fingerprint density at radius 2 is 1.95 bits per heavy atom. The number of sulfonamides is 1. The predicted octanol–water partition coefficient (Wildman–Crippen LogP) is -1.30. The quantitative estimate of drug-likeness (QED) is 0.747. The molecule has 19 heavy (non-hydrogen) atoms. The summed E-state index contributed by atoms with van der Waals surface area (Å²) in [5, 5.41) is 3.39. The SMILES string of the molecule is Cn1cnc(S(=O)(=O)N2CCN(C3CNC3)CC2)c1. The highest BCUT2D eigenvalue weighted by atomic mass is 32.2. The highest BCUT2D eigenvalue weighted by Crippen LogP contribution is 2.17. The number of nitrogens with one attached hydrogen (secondary N) is 1. The molecule has 1 N–H and O–H groups in total. The third-order valence-corrected chi connectivity index (χ3v) is 5.62. The molecule has 0 bridgehead atoms. The van der Waals surface area contributed by atoms with Crippen molar-refractivity contribution in [2.24, 2.45) is 7.05 Å². The van der Waals surface area contributed by atoms with E-state index in [0.29, 0.717) is 19.1 Å². The molecule has 2 fully saturated rings. The van der Waals surface area contributed by atoms with E-state index in [1.807, 2.05) is 0 Å². The number of rotatable bonds is 3. The third-order valence-electron chi connectivity index (χ3n) is 3.83. The van der Waals surface area contributed by atoms with Gasteiger partial charge in [0.2, 0.25) is 0 Å². The highest BCUT2D eigenvalue weighted by molar-refractivity contribution is 7.89. The fourth-order valence-corrected chi connectivity index (χ4v) is 3.88. The minimum atomic E-state index is -3.42. The number of aryl methyl sites for hydroxylation is 1. The lowest BCUT2D eigenvalue weighted by molar-refractivity contribution is 0.103. The molecule has 0 unspecified atom stereocenters. The first-order valence-corrected chi connectivity index (χ1v) is 7.94. The van der Waals surface area contributed by atoms with Crippen LogP contribution in [-0.4, -0.2) is 72.5 Å². The molecule has 0 amide bonds. The first-order valence-electron chi connectivity index (χ1n) is 6.50. The lowest BCUT2D eigenvalue weighted by Crippen LogP contribution is -2.62. The second-order valence-corrected chi connectivity index (χ2v) is 7.01. The van der Waals surface area contributed by atoms with E-state index in [4.69, 9.17) is 0 Å². The molecular weight excluding hydrogens is 266 g/mol. The van der Waals surface area contributed by atoms with Crippen LogP contribution in [0.2, 0.25) is 0 Å². The molecule has 0 aromatic carbocycles. The van der Waals surface area contributed by atoms with Gasteiger partial charge in [-0.05, 0) is 0 Å². The Bertz CT molecular complexity index is 543. The molecule has 0 saturated carbocycles. The molecule has 2 saturated heterocycles. The van der Waals surface area contributed by atoms with Crippen molar-refractivity contribution < 1.29 is 8.42 Å². The van der Waals surface area contributed by atoms with Gasteiger partial charge in [-0.3, -0.25) is 4.90 Å². The van der Waals surface area contributed by atoms with Crippen molar-refractivity contribution in [1.29, 1.82) is 0 Å². The van der Waals surface area contributed by atoms with Crippen molar-refractivity contribution in [3.8, 4) is 0 Å². The largest absolute Gasteiger partial charge is 0.339 e. The molecule has 2 aliphatic rings. The summed E-state index contributed by atoms with van der Waals surface area (Å²) in [5.41, 5.74) is 0. The number of piperazine rings is 1. The van der Waals surface area contributed by atoms with E-state index < -0.39 is 10.0 Å². The maximum absolute atomic E-state index is 12.4. The molecule has 2 aliphatic heterocycles. The van der Waals surface area contributed by atoms with Gasteiger partial charge in [0.05, 0.1) is 6.33 Å². The van der Waals surface area contributed by atoms with E-state index in [1.165, 1.54) is 10.6 Å². The highest BCUT2D eigenvalue weighted by Gasteiger charge is 2.33. The minimum absolute atomic E-state index is 0.147. The van der Waals surface area contributed by atoms with Crippen molar-refractivity contribution in [2.75, 3.05) is 39.3 Å². The van der Waals surface area contributed by atoms with E-state index in [9.17, 15) is 8.42 Å². The molecule has 7 nitrogen and oxygen atoms in total. The maximum atomic E-state index is 12.4. The zero-order valence-corrected chi connectivity index (χ0v) is 11.8. The lowest BCUT2D eigenvalue weighted by Gasteiger charge is -2.42. The first-order chi connectivity index (χ1) is 9.07. The van der Waals surface area contributed by atoms with Gasteiger partial charge in [-0.1, -0.05) is 0 Å². The first kappa shape index (κ1) is 13.0. The number of hydrogen-bond acceptors (Lipinski definition) is 5. The Labute approximate surface area is 113 Å². The van der Waals surface area contributed by atoms with Crippen LogP contribution in [-0.2, 0) is 17.1 Å². The maximum Gasteiger partial charge on any atom is 0.262 e. The molecule has 3 heterocycles. The fraction of sp³-hybridized carbons (Fsp3) is 0.727. The molecule has 0 aliphatic carbocycles. The summed E-state index contributed by atoms with van der Waals surface area (Å²) in [6.07, 6.45) is 3.07. The molecule has 1 aromatic heterocycles. The van der Waals surface area contributed by atoms with Gasteiger partial charge in [-0.2, -0.15) is 4.31 Å². The average Bonchev–Trinajstić information content (AvgIpc) is 2.75.